The van der Waals surface area contributed by atoms with Crippen molar-refractivity contribution in [1.82, 2.24) is 0 Å². The highest BCUT2D eigenvalue weighted by Crippen LogP contribution is 2.13. The Balaban J connectivity index is 2.16. The SMILES string of the molecule is CC/C(=N\Nc1ccccc1)c1ccc(O)cc1. The molecule has 0 amide bonds. The van der Waals surface area contributed by atoms with Crippen LogP contribution in [0.4, 0.5) is 5.69 Å². The number of benzene rings is 2. The van der Waals surface area contributed by atoms with Crippen LogP contribution in [0.15, 0.2) is 59.7 Å². The average Bonchev–Trinajstić information content (AvgIpc) is 2.42. The Labute approximate surface area is 107 Å². The van der Waals surface area contributed by atoms with Crippen LogP contribution >= 0.6 is 0 Å². The van der Waals surface area contributed by atoms with Gasteiger partial charge in [0.05, 0.1) is 11.4 Å². The number of para-hydroxylation sites is 1. The quantitative estimate of drug-likeness (QED) is 0.633. The lowest BCUT2D eigenvalue weighted by Gasteiger charge is -2.06. The Kier molecular flexibility index (Phi) is 3.97. The molecular weight excluding hydrogens is 224 g/mol. The molecular formula is C15H16N2O. The van der Waals surface area contributed by atoms with Crippen molar-refractivity contribution in [2.75, 3.05) is 5.43 Å². The van der Waals surface area contributed by atoms with E-state index in [1.807, 2.05) is 42.5 Å². The number of phenolic OH excluding ortho intramolecular Hbond substituents is 1. The molecule has 0 aliphatic rings. The van der Waals surface area contributed by atoms with Crippen LogP contribution in [0.25, 0.3) is 0 Å². The van der Waals surface area contributed by atoms with E-state index < -0.39 is 0 Å². The zero-order chi connectivity index (χ0) is 12.8. The Morgan fingerprint density at radius 1 is 1.06 bits per heavy atom. The molecule has 2 N–H and O–H groups in total. The summed E-state index contributed by atoms with van der Waals surface area (Å²) in [6.45, 7) is 2.05. The fourth-order valence-electron chi connectivity index (χ4n) is 1.65. The third-order valence-electron chi connectivity index (χ3n) is 2.63. The molecule has 0 unspecified atom stereocenters. The normalized spacial score (nSPS) is 11.3. The van der Waals surface area contributed by atoms with Crippen LogP contribution in [0, 0.1) is 0 Å². The van der Waals surface area contributed by atoms with Crippen LogP contribution < -0.4 is 5.43 Å². The first-order chi connectivity index (χ1) is 8.79. The van der Waals surface area contributed by atoms with Crippen LogP contribution in [-0.4, -0.2) is 10.8 Å². The molecule has 3 nitrogen and oxygen atoms in total. The molecule has 0 aliphatic heterocycles. The second-order valence-corrected chi connectivity index (χ2v) is 3.94. The van der Waals surface area contributed by atoms with E-state index in [9.17, 15) is 5.11 Å². The van der Waals surface area contributed by atoms with Gasteiger partial charge >= 0.3 is 0 Å². The second-order valence-electron chi connectivity index (χ2n) is 3.94. The summed E-state index contributed by atoms with van der Waals surface area (Å²) in [7, 11) is 0. The van der Waals surface area contributed by atoms with E-state index in [0.717, 1.165) is 23.4 Å². The zero-order valence-corrected chi connectivity index (χ0v) is 10.3. The molecule has 0 fully saturated rings. The molecule has 18 heavy (non-hydrogen) atoms. The van der Waals surface area contributed by atoms with E-state index in [0.29, 0.717) is 0 Å². The third-order valence-corrected chi connectivity index (χ3v) is 2.63. The number of rotatable bonds is 4. The first-order valence-corrected chi connectivity index (χ1v) is 5.96. The van der Waals surface area contributed by atoms with Crippen molar-refractivity contribution >= 4 is 11.4 Å². The van der Waals surface area contributed by atoms with Gasteiger partial charge in [0.2, 0.25) is 0 Å². The van der Waals surface area contributed by atoms with Gasteiger partial charge in [0.25, 0.3) is 0 Å². The van der Waals surface area contributed by atoms with Crippen LogP contribution in [0.1, 0.15) is 18.9 Å². The molecule has 0 heterocycles. The molecule has 0 aliphatic carbocycles. The van der Waals surface area contributed by atoms with Crippen molar-refractivity contribution in [3.05, 3.63) is 60.2 Å². The Morgan fingerprint density at radius 2 is 1.72 bits per heavy atom. The highest BCUT2D eigenvalue weighted by molar-refractivity contribution is 6.00. The van der Waals surface area contributed by atoms with Crippen molar-refractivity contribution in [2.45, 2.75) is 13.3 Å². The zero-order valence-electron chi connectivity index (χ0n) is 10.3. The Morgan fingerprint density at radius 3 is 2.33 bits per heavy atom. The topological polar surface area (TPSA) is 44.6 Å². The van der Waals surface area contributed by atoms with Crippen molar-refractivity contribution in [1.29, 1.82) is 0 Å². The molecule has 3 heteroatoms. The third kappa shape index (κ3) is 3.10. The predicted octanol–water partition coefficient (Wildman–Crippen LogP) is 3.62. The number of aromatic hydroxyl groups is 1. The highest BCUT2D eigenvalue weighted by Gasteiger charge is 2.01. The van der Waals surface area contributed by atoms with E-state index in [-0.39, 0.29) is 5.75 Å². The van der Waals surface area contributed by atoms with Crippen molar-refractivity contribution < 1.29 is 5.11 Å². The summed E-state index contributed by atoms with van der Waals surface area (Å²) >= 11 is 0. The summed E-state index contributed by atoms with van der Waals surface area (Å²) in [5.41, 5.74) is 5.96. The monoisotopic (exact) mass is 240 g/mol. The molecule has 0 saturated carbocycles. The largest absolute Gasteiger partial charge is 0.508 e. The Hall–Kier alpha value is -2.29. The summed E-state index contributed by atoms with van der Waals surface area (Å²) in [5, 5.41) is 13.7. The van der Waals surface area contributed by atoms with Crippen LogP contribution in [-0.2, 0) is 0 Å². The van der Waals surface area contributed by atoms with Gasteiger partial charge in [0.15, 0.2) is 0 Å². The molecule has 0 aromatic heterocycles. The van der Waals surface area contributed by atoms with Crippen molar-refractivity contribution in [2.24, 2.45) is 5.10 Å². The van der Waals surface area contributed by atoms with Gasteiger partial charge in [0, 0.05) is 0 Å². The number of phenols is 1. The van der Waals surface area contributed by atoms with Gasteiger partial charge in [-0.15, -0.1) is 0 Å². The summed E-state index contributed by atoms with van der Waals surface area (Å²) in [6, 6.07) is 16.9. The van der Waals surface area contributed by atoms with Gasteiger partial charge in [-0.1, -0.05) is 25.1 Å². The molecule has 0 spiro atoms. The van der Waals surface area contributed by atoms with Crippen LogP contribution in [0.3, 0.4) is 0 Å². The molecule has 0 atom stereocenters. The highest BCUT2D eigenvalue weighted by atomic mass is 16.3. The van der Waals surface area contributed by atoms with E-state index in [4.69, 9.17) is 0 Å². The van der Waals surface area contributed by atoms with Gasteiger partial charge in [0.1, 0.15) is 5.75 Å². The first-order valence-electron chi connectivity index (χ1n) is 5.96. The first kappa shape index (κ1) is 12.2. The van der Waals surface area contributed by atoms with Gasteiger partial charge < -0.3 is 5.11 Å². The lowest BCUT2D eigenvalue weighted by Crippen LogP contribution is -2.02. The summed E-state index contributed by atoms with van der Waals surface area (Å²) in [6.07, 6.45) is 0.824. The number of nitrogens with one attached hydrogen (secondary N) is 1. The van der Waals surface area contributed by atoms with Crippen LogP contribution in [0.2, 0.25) is 0 Å². The lowest BCUT2D eigenvalue weighted by molar-refractivity contribution is 0.475. The molecule has 2 aromatic carbocycles. The smallest absolute Gasteiger partial charge is 0.115 e. The minimum Gasteiger partial charge on any atom is -0.508 e. The fourth-order valence-corrected chi connectivity index (χ4v) is 1.65. The summed E-state index contributed by atoms with van der Waals surface area (Å²) in [4.78, 5) is 0. The molecule has 2 aromatic rings. The lowest BCUT2D eigenvalue weighted by atomic mass is 10.1. The minimum atomic E-state index is 0.269. The van der Waals surface area contributed by atoms with Gasteiger partial charge in [-0.2, -0.15) is 5.10 Å². The standard InChI is InChI=1S/C15H16N2O/c1-2-15(12-8-10-14(18)11-9-12)17-16-13-6-4-3-5-7-13/h3-11,16,18H,2H2,1H3/b17-15+. The number of anilines is 1. The molecule has 0 saturated heterocycles. The summed E-state index contributed by atoms with van der Waals surface area (Å²) < 4.78 is 0. The second kappa shape index (κ2) is 5.87. The summed E-state index contributed by atoms with van der Waals surface area (Å²) in [5.74, 6) is 0.269. The van der Waals surface area contributed by atoms with Gasteiger partial charge in [-0.25, -0.2) is 0 Å². The number of hydrazone groups is 1. The fraction of sp³-hybridized carbons (Fsp3) is 0.133. The molecule has 2 rings (SSSR count). The number of nitrogens with zero attached hydrogens (tertiary/aromatic N) is 1. The maximum atomic E-state index is 9.26. The number of hydrogen-bond acceptors (Lipinski definition) is 3. The van der Waals surface area contributed by atoms with Gasteiger partial charge in [-0.3, -0.25) is 5.43 Å². The predicted molar refractivity (Wildman–Crippen MR) is 75.0 cm³/mol. The molecule has 0 radical (unpaired) electrons. The van der Waals surface area contributed by atoms with Crippen molar-refractivity contribution in [3.8, 4) is 5.75 Å². The van der Waals surface area contributed by atoms with Crippen molar-refractivity contribution in [3.63, 3.8) is 0 Å². The number of hydrogen-bond donors (Lipinski definition) is 2. The van der Waals surface area contributed by atoms with E-state index in [2.05, 4.69) is 17.5 Å². The molecule has 0 bridgehead atoms. The van der Waals surface area contributed by atoms with Gasteiger partial charge in [-0.05, 0) is 48.4 Å². The van der Waals surface area contributed by atoms with E-state index in [1.165, 1.54) is 0 Å². The van der Waals surface area contributed by atoms with E-state index in [1.54, 1.807) is 12.1 Å². The minimum absolute atomic E-state index is 0.269. The Bertz CT molecular complexity index is 518. The van der Waals surface area contributed by atoms with E-state index >= 15 is 0 Å². The average molecular weight is 240 g/mol. The van der Waals surface area contributed by atoms with Crippen LogP contribution in [0.5, 0.6) is 5.75 Å². The maximum absolute atomic E-state index is 9.26. The molecule has 92 valence electrons. The maximum Gasteiger partial charge on any atom is 0.115 e.